The predicted octanol–water partition coefficient (Wildman–Crippen LogP) is 4.60. The molecule has 6 heteroatoms. The van der Waals surface area contributed by atoms with Gasteiger partial charge in [0.1, 0.15) is 6.04 Å². The number of carbonyl (C=O) groups excluding carboxylic acids is 1. The van der Waals surface area contributed by atoms with Gasteiger partial charge in [0.15, 0.2) is 0 Å². The molecule has 3 unspecified atom stereocenters. The Morgan fingerprint density at radius 3 is 2.07 bits per heavy atom. The predicted molar refractivity (Wildman–Crippen MR) is 112 cm³/mol. The lowest BCUT2D eigenvalue weighted by atomic mass is 9.87. The Balaban J connectivity index is 5.42. The highest BCUT2D eigenvalue weighted by Gasteiger charge is 2.42. The molecule has 0 bridgehead atoms. The van der Waals surface area contributed by atoms with Crippen LogP contribution in [0.4, 0.5) is 0 Å². The van der Waals surface area contributed by atoms with E-state index in [1.165, 1.54) is 0 Å². The van der Waals surface area contributed by atoms with Crippen LogP contribution in [0, 0.1) is 23.7 Å². The maximum Gasteiger partial charge on any atom is 0.325 e. The van der Waals surface area contributed by atoms with Crippen LogP contribution in [0.2, 0.25) is 0 Å². The molecule has 0 aromatic rings. The summed E-state index contributed by atoms with van der Waals surface area (Å²) in [4.78, 5) is 24.1. The van der Waals surface area contributed by atoms with Gasteiger partial charge in [-0.1, -0.05) is 61.3 Å². The normalized spacial score (nSPS) is 16.2. The third kappa shape index (κ3) is 9.87. The summed E-state index contributed by atoms with van der Waals surface area (Å²) in [5.41, 5.74) is 6.18. The van der Waals surface area contributed by atoms with E-state index in [1.807, 2.05) is 27.7 Å². The number of carbonyl (C=O) groups is 2. The molecule has 0 fully saturated rings. The molecular weight excluding hydrogens is 358 g/mol. The number of esters is 1. The lowest BCUT2D eigenvalue weighted by molar-refractivity contribution is -0.260. The van der Waals surface area contributed by atoms with Gasteiger partial charge in [-0.05, 0) is 30.6 Å². The molecule has 0 radical (unpaired) electrons. The Morgan fingerprint density at radius 2 is 1.64 bits per heavy atom. The topological polar surface area (TPSA) is 98.9 Å². The van der Waals surface area contributed by atoms with Gasteiger partial charge in [0, 0.05) is 12.3 Å². The molecule has 0 rings (SSSR count). The summed E-state index contributed by atoms with van der Waals surface area (Å²) in [6.45, 7) is 14.7. The number of carboxylic acids is 1. The highest BCUT2D eigenvalue weighted by atomic mass is 16.7. The summed E-state index contributed by atoms with van der Waals surface area (Å²) in [5, 5.41) is 9.20. The highest BCUT2D eigenvalue weighted by molar-refractivity contribution is 5.77. The van der Waals surface area contributed by atoms with Crippen molar-refractivity contribution in [1.29, 1.82) is 0 Å². The summed E-state index contributed by atoms with van der Waals surface area (Å²) in [7, 11) is 0. The van der Waals surface area contributed by atoms with E-state index in [4.69, 9.17) is 15.2 Å². The molecule has 0 aromatic carbocycles. The monoisotopic (exact) mass is 401 g/mol. The molecule has 0 aliphatic carbocycles. The first kappa shape index (κ1) is 26.9. The Kier molecular flexibility index (Phi) is 12.6. The number of hydrogen-bond acceptors (Lipinski definition) is 5. The molecular formula is C22H43NO5. The minimum Gasteiger partial charge on any atom is -0.481 e. The standard InChI is InChI=1S/C22H43NO5/c1-8-9-10-11-27-22(17(6)7,14-16(4)5)28-21(26)20(23)18(12-15(2)3)13-19(24)25/h15-18,20H,8-14,23H2,1-7H3,(H,24,25). The molecule has 0 aliphatic rings. The first-order valence-corrected chi connectivity index (χ1v) is 10.8. The Labute approximate surface area is 171 Å². The third-order valence-corrected chi connectivity index (χ3v) is 4.93. The second-order valence-corrected chi connectivity index (χ2v) is 9.05. The molecule has 0 saturated heterocycles. The number of ether oxygens (including phenoxy) is 2. The van der Waals surface area contributed by atoms with Crippen LogP contribution < -0.4 is 5.73 Å². The number of nitrogens with two attached hydrogens (primary N) is 1. The summed E-state index contributed by atoms with van der Waals surface area (Å²) in [6, 6.07) is -0.983. The van der Waals surface area contributed by atoms with Gasteiger partial charge in [0.05, 0.1) is 13.0 Å². The number of rotatable bonds is 15. The summed E-state index contributed by atoms with van der Waals surface area (Å²) < 4.78 is 12.1. The number of hydrogen-bond donors (Lipinski definition) is 2. The number of carboxylic acid groups (broad SMARTS) is 1. The van der Waals surface area contributed by atoms with E-state index in [-0.39, 0.29) is 24.2 Å². The first-order chi connectivity index (χ1) is 12.9. The van der Waals surface area contributed by atoms with E-state index in [0.717, 1.165) is 19.3 Å². The molecule has 28 heavy (non-hydrogen) atoms. The van der Waals surface area contributed by atoms with Crippen LogP contribution in [0.5, 0.6) is 0 Å². The molecule has 3 N–H and O–H groups in total. The van der Waals surface area contributed by atoms with Crippen molar-refractivity contribution in [2.75, 3.05) is 6.61 Å². The zero-order valence-corrected chi connectivity index (χ0v) is 19.0. The molecule has 166 valence electrons. The van der Waals surface area contributed by atoms with Crippen molar-refractivity contribution >= 4 is 11.9 Å². The fourth-order valence-electron chi connectivity index (χ4n) is 3.43. The van der Waals surface area contributed by atoms with Gasteiger partial charge < -0.3 is 20.3 Å². The van der Waals surface area contributed by atoms with Crippen LogP contribution in [0.15, 0.2) is 0 Å². The van der Waals surface area contributed by atoms with Crippen LogP contribution in [0.25, 0.3) is 0 Å². The first-order valence-electron chi connectivity index (χ1n) is 10.8. The average Bonchev–Trinajstić information content (AvgIpc) is 2.55. The van der Waals surface area contributed by atoms with Crippen LogP contribution in [-0.4, -0.2) is 35.5 Å². The largest absolute Gasteiger partial charge is 0.481 e. The molecule has 0 spiro atoms. The quantitative estimate of drug-likeness (QED) is 0.236. The van der Waals surface area contributed by atoms with Gasteiger partial charge in [0.25, 0.3) is 0 Å². The smallest absolute Gasteiger partial charge is 0.325 e. The van der Waals surface area contributed by atoms with Crippen molar-refractivity contribution in [3.8, 4) is 0 Å². The average molecular weight is 402 g/mol. The minimum absolute atomic E-state index is 0.0456. The van der Waals surface area contributed by atoms with E-state index in [0.29, 0.717) is 19.4 Å². The van der Waals surface area contributed by atoms with Crippen LogP contribution in [-0.2, 0) is 19.1 Å². The van der Waals surface area contributed by atoms with Crippen molar-refractivity contribution in [2.45, 2.75) is 98.8 Å². The lowest BCUT2D eigenvalue weighted by Crippen LogP contribution is -2.50. The third-order valence-electron chi connectivity index (χ3n) is 4.93. The van der Waals surface area contributed by atoms with Crippen molar-refractivity contribution in [3.05, 3.63) is 0 Å². The van der Waals surface area contributed by atoms with Gasteiger partial charge in [-0.3, -0.25) is 9.59 Å². The summed E-state index contributed by atoms with van der Waals surface area (Å²) in [6.07, 6.45) is 4.02. The Bertz CT molecular complexity index is 464. The highest BCUT2D eigenvalue weighted by Crippen LogP contribution is 2.33. The van der Waals surface area contributed by atoms with Crippen molar-refractivity contribution in [3.63, 3.8) is 0 Å². The maximum atomic E-state index is 12.9. The second kappa shape index (κ2) is 13.2. The lowest BCUT2D eigenvalue weighted by Gasteiger charge is -2.39. The Hall–Kier alpha value is -1.14. The summed E-state index contributed by atoms with van der Waals surface area (Å²) >= 11 is 0. The molecule has 0 heterocycles. The fourth-order valence-corrected chi connectivity index (χ4v) is 3.43. The molecule has 0 aromatic heterocycles. The molecule has 0 saturated carbocycles. The molecule has 3 atom stereocenters. The van der Waals surface area contributed by atoms with E-state index in [9.17, 15) is 14.7 Å². The SMILES string of the molecule is CCCCCOC(CC(C)C)(OC(=O)C(N)C(CC(=O)O)CC(C)C)C(C)C. The van der Waals surface area contributed by atoms with Gasteiger partial charge >= 0.3 is 11.9 Å². The van der Waals surface area contributed by atoms with E-state index >= 15 is 0 Å². The van der Waals surface area contributed by atoms with Crippen LogP contribution >= 0.6 is 0 Å². The van der Waals surface area contributed by atoms with Crippen molar-refractivity contribution < 1.29 is 24.2 Å². The van der Waals surface area contributed by atoms with Gasteiger partial charge in [0.2, 0.25) is 5.79 Å². The van der Waals surface area contributed by atoms with E-state index in [1.54, 1.807) is 0 Å². The van der Waals surface area contributed by atoms with Crippen LogP contribution in [0.1, 0.15) is 87.0 Å². The zero-order valence-electron chi connectivity index (χ0n) is 19.0. The maximum absolute atomic E-state index is 12.9. The van der Waals surface area contributed by atoms with Gasteiger partial charge in [-0.2, -0.15) is 0 Å². The van der Waals surface area contributed by atoms with Gasteiger partial charge in [-0.25, -0.2) is 0 Å². The number of unbranched alkanes of at least 4 members (excludes halogenated alkanes) is 2. The van der Waals surface area contributed by atoms with E-state index in [2.05, 4.69) is 20.8 Å². The van der Waals surface area contributed by atoms with Crippen LogP contribution in [0.3, 0.4) is 0 Å². The minimum atomic E-state index is -1.04. The molecule has 0 amide bonds. The van der Waals surface area contributed by atoms with Gasteiger partial charge in [-0.15, -0.1) is 0 Å². The molecule has 6 nitrogen and oxygen atoms in total. The fraction of sp³-hybridized carbons (Fsp3) is 0.909. The van der Waals surface area contributed by atoms with E-state index < -0.39 is 29.7 Å². The van der Waals surface area contributed by atoms with Crippen molar-refractivity contribution in [2.24, 2.45) is 29.4 Å². The number of aliphatic carboxylic acids is 1. The van der Waals surface area contributed by atoms with Crippen molar-refractivity contribution in [1.82, 2.24) is 0 Å². The Morgan fingerprint density at radius 1 is 1.04 bits per heavy atom. The zero-order chi connectivity index (χ0) is 21.9. The summed E-state index contributed by atoms with van der Waals surface area (Å²) in [5.74, 6) is -2.58. The second-order valence-electron chi connectivity index (χ2n) is 9.05. The molecule has 0 aliphatic heterocycles.